The minimum absolute atomic E-state index is 0.369. The largest absolute Gasteiger partial charge is 0.455 e. The first-order valence-electron chi connectivity index (χ1n) is 36.8. The monoisotopic (exact) mass is 1440 g/mol. The van der Waals surface area contributed by atoms with E-state index in [9.17, 15) is 6.57 Å². The van der Waals surface area contributed by atoms with E-state index in [0.29, 0.717) is 34.4 Å². The van der Waals surface area contributed by atoms with Crippen LogP contribution < -0.4 is 0 Å². The van der Waals surface area contributed by atoms with E-state index in [1.54, 1.807) is 22.7 Å². The van der Waals surface area contributed by atoms with Crippen molar-refractivity contribution >= 4 is 156 Å². The van der Waals surface area contributed by atoms with Crippen LogP contribution in [0.2, 0.25) is 0 Å². The molecule has 0 aliphatic heterocycles. The number of thiophene rings is 2. The highest BCUT2D eigenvalue weighted by molar-refractivity contribution is 7.26. The first-order chi connectivity index (χ1) is 54.5. The molecule has 0 fully saturated rings. The predicted molar refractivity (Wildman–Crippen MR) is 459 cm³/mol. The van der Waals surface area contributed by atoms with Crippen molar-refractivity contribution in [3.8, 4) is 101 Å². The van der Waals surface area contributed by atoms with Gasteiger partial charge < -0.3 is 18.0 Å². The summed E-state index contributed by atoms with van der Waals surface area (Å²) in [5.74, 6) is 1.45. The zero-order valence-corrected chi connectivity index (χ0v) is 60.3. The summed E-state index contributed by atoms with van der Waals surface area (Å²) in [7, 11) is 0. The Balaban J connectivity index is 0.898. The lowest BCUT2D eigenvalue weighted by Crippen LogP contribution is -2.09. The quantitative estimate of drug-likeness (QED) is 0.128. The molecule has 0 N–H and O–H groups in total. The van der Waals surface area contributed by atoms with Crippen molar-refractivity contribution in [3.05, 3.63) is 351 Å². The number of rotatable bonds is 10. The predicted octanol–water partition coefficient (Wildman–Crippen LogP) is 28.5. The molecule has 0 aliphatic rings. The van der Waals surface area contributed by atoms with Gasteiger partial charge in [0.1, 0.15) is 22.3 Å². The topological polar surface area (TPSA) is 79.2 Å². The number of furan rings is 2. The van der Waals surface area contributed by atoms with Gasteiger partial charge in [-0.25, -0.2) is 19.8 Å². The van der Waals surface area contributed by atoms with E-state index in [1.165, 1.54) is 20.2 Å². The van der Waals surface area contributed by atoms with E-state index in [-0.39, 0.29) is 0 Å². The highest BCUT2D eigenvalue weighted by Crippen LogP contribution is 2.54. The average Bonchev–Trinajstić information content (AvgIpc) is 1.51. The van der Waals surface area contributed by atoms with Crippen molar-refractivity contribution in [3.63, 3.8) is 0 Å². The SMILES string of the molecule is [C-]#[N+]c1cc(-c2nc(-c3cccc4c3sc3ccccc34)nc(-c3cccc4c3sc3ccccc34)n2)c(-c2ccccc2)c(-n2c3ccc(-c4ccccc4)cc3c3c4oc5ccc(-c6ccccc6)cc5c4ccc32)c1-n1c2ccc(-c3ccccc3)cc2c2c3oc4ccc(-c5ccccc5)cc4c3ccc21. The van der Waals surface area contributed by atoms with Crippen LogP contribution in [0.5, 0.6) is 0 Å². The van der Waals surface area contributed by atoms with Crippen molar-refractivity contribution in [2.24, 2.45) is 0 Å². The second kappa shape index (κ2) is 24.4. The first kappa shape index (κ1) is 61.9. The number of hydrogen-bond acceptors (Lipinski definition) is 7. The van der Waals surface area contributed by atoms with Crippen molar-refractivity contribution in [2.45, 2.75) is 0 Å². The zero-order chi connectivity index (χ0) is 72.2. The fourth-order valence-corrected chi connectivity index (χ4v) is 19.6. The Bertz CT molecular complexity index is 7710. The second-order valence-corrected chi connectivity index (χ2v) is 30.4. The maximum atomic E-state index is 10.1. The Morgan fingerprint density at radius 2 is 0.636 bits per heavy atom. The molecule has 10 heteroatoms. The molecule has 8 nitrogen and oxygen atoms in total. The molecule has 23 aromatic rings. The Kier molecular flexibility index (Phi) is 13.7. The molecule has 0 aliphatic carbocycles. The van der Waals surface area contributed by atoms with Gasteiger partial charge in [0.25, 0.3) is 0 Å². The molecule has 0 atom stereocenters. The van der Waals surface area contributed by atoms with Crippen LogP contribution in [0.3, 0.4) is 0 Å². The highest BCUT2D eigenvalue weighted by Gasteiger charge is 2.33. The van der Waals surface area contributed by atoms with Crippen LogP contribution in [-0.4, -0.2) is 24.1 Å². The maximum Gasteiger partial charge on any atom is 0.213 e. The molecule has 0 saturated heterocycles. The first-order valence-corrected chi connectivity index (χ1v) is 38.4. The second-order valence-electron chi connectivity index (χ2n) is 28.3. The summed E-state index contributed by atoms with van der Waals surface area (Å²) in [6.07, 6.45) is 0. The third kappa shape index (κ3) is 9.45. The number of nitrogens with zero attached hydrogens (tertiary/aromatic N) is 6. The van der Waals surface area contributed by atoms with Crippen LogP contribution in [0.15, 0.2) is 349 Å². The van der Waals surface area contributed by atoms with Crippen LogP contribution in [0.25, 0.3) is 234 Å². The van der Waals surface area contributed by atoms with Crippen molar-refractivity contribution in [1.29, 1.82) is 0 Å². The fourth-order valence-electron chi connectivity index (χ4n) is 17.2. The summed E-state index contributed by atoms with van der Waals surface area (Å²) in [4.78, 5) is 22.2. The molecule has 7 aromatic heterocycles. The van der Waals surface area contributed by atoms with Gasteiger partial charge >= 0.3 is 0 Å². The number of fused-ring (bicyclic) bond motifs is 20. The smallest absolute Gasteiger partial charge is 0.213 e. The van der Waals surface area contributed by atoms with Crippen LogP contribution in [0.1, 0.15) is 0 Å². The minimum Gasteiger partial charge on any atom is -0.455 e. The molecule has 0 spiro atoms. The molecule has 510 valence electrons. The summed E-state index contributed by atoms with van der Waals surface area (Å²) in [5, 5.41) is 12.4. The molecule has 0 unspecified atom stereocenters. The standard InChI is InChI=1S/C100H56N6O2S2/c1-101-80-57-79(100-103-98(73-37-21-35-71-67-33-17-19-39-87(67)109-96(71)73)102-99(104-100)74-38-22-36-72-68-34-18-20-40-88(68)110-97(72)74)89(62-31-15-6-16-32-62)93(106-82-48-42-64(59-25-9-3-10-26-59)56-78(82)91-84(106)50-46-70-76-54-66(61-29-13-5-14-30-61)44-52-86(76)108-95(70)91)92(80)105-81-47-41-63(58-23-7-2-8-24-58)55-77(81)90-83(105)49-45-69-75-53-65(60-27-11-4-12-28-60)43-51-85(75)107-94(69)90/h2-57H. The lowest BCUT2D eigenvalue weighted by molar-refractivity contribution is 0.672. The summed E-state index contributed by atoms with van der Waals surface area (Å²) in [6.45, 7) is 10.1. The van der Waals surface area contributed by atoms with Gasteiger partial charge in [0.05, 0.1) is 50.8 Å². The van der Waals surface area contributed by atoms with Crippen molar-refractivity contribution < 1.29 is 8.83 Å². The van der Waals surface area contributed by atoms with E-state index < -0.39 is 0 Å². The van der Waals surface area contributed by atoms with Crippen LogP contribution in [0, 0.1) is 6.57 Å². The highest BCUT2D eigenvalue weighted by atomic mass is 32.1. The average molecular weight is 1440 g/mol. The van der Waals surface area contributed by atoms with Crippen LogP contribution in [-0.2, 0) is 0 Å². The van der Waals surface area contributed by atoms with Gasteiger partial charge in [-0.15, -0.1) is 22.7 Å². The van der Waals surface area contributed by atoms with Gasteiger partial charge in [-0.2, -0.15) is 0 Å². The van der Waals surface area contributed by atoms with Gasteiger partial charge in [0, 0.05) is 94.9 Å². The molecular weight excluding hydrogens is 1380 g/mol. The number of aromatic nitrogens is 5. The Morgan fingerprint density at radius 1 is 0.273 bits per heavy atom. The van der Waals surface area contributed by atoms with E-state index in [4.69, 9.17) is 28.6 Å². The zero-order valence-electron chi connectivity index (χ0n) is 58.6. The Labute approximate surface area is 637 Å². The summed E-state index contributed by atoms with van der Waals surface area (Å²) in [6, 6.07) is 121. The van der Waals surface area contributed by atoms with Crippen molar-refractivity contribution in [1.82, 2.24) is 24.1 Å². The van der Waals surface area contributed by atoms with Gasteiger partial charge in [0.15, 0.2) is 17.5 Å². The Morgan fingerprint density at radius 3 is 1.07 bits per heavy atom. The third-order valence-electron chi connectivity index (χ3n) is 22.2. The van der Waals surface area contributed by atoms with Gasteiger partial charge in [-0.1, -0.05) is 237 Å². The summed E-state index contributed by atoms with van der Waals surface area (Å²) < 4.78 is 24.0. The fraction of sp³-hybridized carbons (Fsp3) is 0. The number of benzene rings is 16. The van der Waals surface area contributed by atoms with E-state index in [2.05, 4.69) is 349 Å². The molecule has 0 saturated carbocycles. The van der Waals surface area contributed by atoms with E-state index >= 15 is 0 Å². The number of hydrogen-bond donors (Lipinski definition) is 0. The molecule has 23 rings (SSSR count). The maximum absolute atomic E-state index is 10.1. The van der Waals surface area contributed by atoms with E-state index in [1.807, 2.05) is 0 Å². The van der Waals surface area contributed by atoms with Gasteiger partial charge in [0.2, 0.25) is 5.69 Å². The lowest BCUT2D eigenvalue weighted by atomic mass is 9.93. The van der Waals surface area contributed by atoms with Crippen LogP contribution in [0.4, 0.5) is 5.69 Å². The third-order valence-corrected chi connectivity index (χ3v) is 24.6. The van der Waals surface area contributed by atoms with Gasteiger partial charge in [-0.05, 0) is 153 Å². The normalized spacial score (nSPS) is 12.0. The Hall–Kier alpha value is -14.3. The van der Waals surface area contributed by atoms with E-state index in [0.717, 1.165) is 180 Å². The molecule has 0 bridgehead atoms. The molecular formula is C100H56N6O2S2. The summed E-state index contributed by atoms with van der Waals surface area (Å²) >= 11 is 3.49. The molecule has 110 heavy (non-hydrogen) atoms. The lowest BCUT2D eigenvalue weighted by Gasteiger charge is -2.25. The molecule has 0 radical (unpaired) electrons. The minimum atomic E-state index is 0.369. The summed E-state index contributed by atoms with van der Waals surface area (Å²) in [5.41, 5.74) is 21.1. The van der Waals surface area contributed by atoms with Crippen molar-refractivity contribution in [2.75, 3.05) is 0 Å². The van der Waals surface area contributed by atoms with Gasteiger partial charge in [-0.3, -0.25) is 0 Å². The molecule has 16 aromatic carbocycles. The van der Waals surface area contributed by atoms with Crippen LogP contribution >= 0.6 is 22.7 Å². The molecule has 7 heterocycles. The molecule has 0 amide bonds.